The van der Waals surface area contributed by atoms with E-state index in [-0.39, 0.29) is 17.7 Å². The maximum Gasteiger partial charge on any atom is 0.277 e. The zero-order valence-electron chi connectivity index (χ0n) is 11.7. The molecule has 0 unspecified atom stereocenters. The Morgan fingerprint density at radius 3 is 2.90 bits per heavy atom. The molecule has 1 N–H and O–H groups in total. The number of thioether (sulfide) groups is 1. The molecule has 0 spiro atoms. The van der Waals surface area contributed by atoms with Crippen LogP contribution in [0.2, 0.25) is 0 Å². The Labute approximate surface area is 121 Å². The third kappa shape index (κ3) is 4.09. The van der Waals surface area contributed by atoms with Crippen LogP contribution in [0.25, 0.3) is 0 Å². The Balaban J connectivity index is 1.72. The summed E-state index contributed by atoms with van der Waals surface area (Å²) in [7, 11) is 0. The summed E-state index contributed by atoms with van der Waals surface area (Å²) in [4.78, 5) is 11.7. The molecular formula is C12H17N5O2S. The van der Waals surface area contributed by atoms with E-state index in [0.29, 0.717) is 17.7 Å². The van der Waals surface area contributed by atoms with Crippen LogP contribution in [-0.4, -0.2) is 38.2 Å². The SMILES string of the molecule is Cc1cnn([C@H](C)CNC(=O)CSc2nnc(C)o2)c1. The Hall–Kier alpha value is -1.83. The number of rotatable bonds is 6. The van der Waals surface area contributed by atoms with E-state index in [4.69, 9.17) is 4.42 Å². The van der Waals surface area contributed by atoms with Crippen molar-refractivity contribution >= 4 is 17.7 Å². The van der Waals surface area contributed by atoms with E-state index in [1.165, 1.54) is 11.8 Å². The molecule has 0 aliphatic rings. The van der Waals surface area contributed by atoms with Gasteiger partial charge in [0.25, 0.3) is 5.22 Å². The molecule has 0 aliphatic heterocycles. The fraction of sp³-hybridized carbons (Fsp3) is 0.500. The fourth-order valence-corrected chi connectivity index (χ4v) is 2.18. The van der Waals surface area contributed by atoms with Crippen molar-refractivity contribution in [2.45, 2.75) is 32.0 Å². The molecule has 0 aromatic carbocycles. The summed E-state index contributed by atoms with van der Waals surface area (Å²) in [5, 5.41) is 15.0. The van der Waals surface area contributed by atoms with Gasteiger partial charge in [-0.3, -0.25) is 9.48 Å². The summed E-state index contributed by atoms with van der Waals surface area (Å²) in [5.74, 6) is 0.684. The van der Waals surface area contributed by atoms with Crippen molar-refractivity contribution in [3.8, 4) is 0 Å². The lowest BCUT2D eigenvalue weighted by atomic mass is 10.3. The van der Waals surface area contributed by atoms with Crippen LogP contribution < -0.4 is 5.32 Å². The molecule has 20 heavy (non-hydrogen) atoms. The molecule has 1 atom stereocenters. The monoisotopic (exact) mass is 295 g/mol. The molecule has 0 bridgehead atoms. The van der Waals surface area contributed by atoms with Crippen LogP contribution in [-0.2, 0) is 4.79 Å². The van der Waals surface area contributed by atoms with Gasteiger partial charge in [-0.05, 0) is 19.4 Å². The van der Waals surface area contributed by atoms with Crippen molar-refractivity contribution in [1.82, 2.24) is 25.3 Å². The molecule has 2 heterocycles. The number of nitrogens with zero attached hydrogens (tertiary/aromatic N) is 4. The first-order chi connectivity index (χ1) is 9.54. The van der Waals surface area contributed by atoms with Gasteiger partial charge in [-0.1, -0.05) is 11.8 Å². The second-order valence-corrected chi connectivity index (χ2v) is 5.45. The molecule has 0 saturated carbocycles. The summed E-state index contributed by atoms with van der Waals surface area (Å²) in [6.45, 7) is 6.23. The average molecular weight is 295 g/mol. The number of nitrogens with one attached hydrogen (secondary N) is 1. The van der Waals surface area contributed by atoms with E-state index >= 15 is 0 Å². The van der Waals surface area contributed by atoms with Gasteiger partial charge in [0.1, 0.15) is 0 Å². The van der Waals surface area contributed by atoms with Gasteiger partial charge in [-0.15, -0.1) is 10.2 Å². The standard InChI is InChI=1S/C12H17N5O2S/c1-8-4-14-17(6-8)9(2)5-13-11(18)7-20-12-16-15-10(3)19-12/h4,6,9H,5,7H2,1-3H3,(H,13,18)/t9-/m1/s1. The van der Waals surface area contributed by atoms with Gasteiger partial charge in [-0.2, -0.15) is 5.10 Å². The number of aromatic nitrogens is 4. The van der Waals surface area contributed by atoms with Crippen molar-refractivity contribution in [3.63, 3.8) is 0 Å². The number of aryl methyl sites for hydroxylation is 2. The van der Waals surface area contributed by atoms with Crippen LogP contribution in [0.1, 0.15) is 24.4 Å². The Morgan fingerprint density at radius 2 is 2.30 bits per heavy atom. The van der Waals surface area contributed by atoms with Crippen molar-refractivity contribution in [3.05, 3.63) is 23.8 Å². The summed E-state index contributed by atoms with van der Waals surface area (Å²) in [6, 6.07) is 0.114. The maximum absolute atomic E-state index is 11.7. The quantitative estimate of drug-likeness (QED) is 0.810. The molecule has 0 fully saturated rings. The topological polar surface area (TPSA) is 85.8 Å². The lowest BCUT2D eigenvalue weighted by Crippen LogP contribution is -2.31. The number of carbonyl (C=O) groups excluding carboxylic acids is 1. The molecule has 108 valence electrons. The summed E-state index contributed by atoms with van der Waals surface area (Å²) < 4.78 is 7.02. The van der Waals surface area contributed by atoms with Crippen LogP contribution in [0.4, 0.5) is 0 Å². The van der Waals surface area contributed by atoms with Gasteiger partial charge in [-0.25, -0.2) is 0 Å². The van der Waals surface area contributed by atoms with Crippen LogP contribution in [0, 0.1) is 13.8 Å². The van der Waals surface area contributed by atoms with Crippen molar-refractivity contribution in [2.75, 3.05) is 12.3 Å². The van der Waals surface area contributed by atoms with Gasteiger partial charge in [0.05, 0.1) is 18.0 Å². The highest BCUT2D eigenvalue weighted by atomic mass is 32.2. The van der Waals surface area contributed by atoms with E-state index in [0.717, 1.165) is 5.56 Å². The molecule has 0 radical (unpaired) electrons. The van der Waals surface area contributed by atoms with E-state index in [1.807, 2.05) is 24.7 Å². The molecule has 1 amide bonds. The predicted octanol–water partition coefficient (Wildman–Crippen LogP) is 1.35. The fourth-order valence-electron chi connectivity index (χ4n) is 1.54. The average Bonchev–Trinajstić information content (AvgIpc) is 3.02. The molecule has 7 nitrogen and oxygen atoms in total. The van der Waals surface area contributed by atoms with Gasteiger partial charge < -0.3 is 9.73 Å². The maximum atomic E-state index is 11.7. The normalized spacial score (nSPS) is 12.3. The van der Waals surface area contributed by atoms with E-state index < -0.39 is 0 Å². The second-order valence-electron chi connectivity index (χ2n) is 4.53. The zero-order valence-corrected chi connectivity index (χ0v) is 12.5. The first kappa shape index (κ1) is 14.6. The summed E-state index contributed by atoms with van der Waals surface area (Å²) in [5.41, 5.74) is 1.10. The second kappa shape index (κ2) is 6.56. The minimum atomic E-state index is -0.0680. The first-order valence-corrected chi connectivity index (χ1v) is 7.23. The smallest absolute Gasteiger partial charge is 0.277 e. The molecule has 0 aliphatic carbocycles. The van der Waals surface area contributed by atoms with Crippen LogP contribution >= 0.6 is 11.8 Å². The third-order valence-electron chi connectivity index (χ3n) is 2.61. The molecule has 8 heteroatoms. The summed E-state index contributed by atoms with van der Waals surface area (Å²) >= 11 is 1.23. The third-order valence-corrected chi connectivity index (χ3v) is 3.43. The number of amides is 1. The molecular weight excluding hydrogens is 278 g/mol. The largest absolute Gasteiger partial charge is 0.416 e. The Morgan fingerprint density at radius 1 is 1.50 bits per heavy atom. The highest BCUT2D eigenvalue weighted by Gasteiger charge is 2.10. The van der Waals surface area contributed by atoms with Crippen molar-refractivity contribution in [2.24, 2.45) is 0 Å². The lowest BCUT2D eigenvalue weighted by Gasteiger charge is -2.12. The van der Waals surface area contributed by atoms with Crippen molar-refractivity contribution in [1.29, 1.82) is 0 Å². The van der Waals surface area contributed by atoms with Crippen LogP contribution in [0.15, 0.2) is 22.0 Å². The molecule has 0 saturated heterocycles. The first-order valence-electron chi connectivity index (χ1n) is 6.25. The van der Waals surface area contributed by atoms with E-state index in [9.17, 15) is 4.79 Å². The number of hydrogen-bond acceptors (Lipinski definition) is 6. The minimum Gasteiger partial charge on any atom is -0.416 e. The predicted molar refractivity (Wildman–Crippen MR) is 74.4 cm³/mol. The lowest BCUT2D eigenvalue weighted by molar-refractivity contribution is -0.118. The Kier molecular flexibility index (Phi) is 4.78. The molecule has 2 aromatic heterocycles. The molecule has 2 rings (SSSR count). The van der Waals surface area contributed by atoms with E-state index in [2.05, 4.69) is 20.6 Å². The highest BCUT2D eigenvalue weighted by Crippen LogP contribution is 2.15. The van der Waals surface area contributed by atoms with Gasteiger partial charge in [0, 0.05) is 19.7 Å². The van der Waals surface area contributed by atoms with Crippen molar-refractivity contribution < 1.29 is 9.21 Å². The van der Waals surface area contributed by atoms with E-state index in [1.54, 1.807) is 13.1 Å². The van der Waals surface area contributed by atoms with Gasteiger partial charge >= 0.3 is 0 Å². The Bertz CT molecular complexity index is 580. The molecule has 2 aromatic rings. The summed E-state index contributed by atoms with van der Waals surface area (Å²) in [6.07, 6.45) is 3.75. The minimum absolute atomic E-state index is 0.0680. The van der Waals surface area contributed by atoms with Gasteiger partial charge in [0.15, 0.2) is 0 Å². The number of carbonyl (C=O) groups is 1. The van der Waals surface area contributed by atoms with Gasteiger partial charge in [0.2, 0.25) is 11.8 Å². The zero-order chi connectivity index (χ0) is 14.5. The van der Waals surface area contributed by atoms with Crippen LogP contribution in [0.5, 0.6) is 0 Å². The highest BCUT2D eigenvalue weighted by molar-refractivity contribution is 7.99. The van der Waals surface area contributed by atoms with Crippen LogP contribution in [0.3, 0.4) is 0 Å². The number of hydrogen-bond donors (Lipinski definition) is 1.